The Kier molecular flexibility index (Phi) is 7.80. The quantitative estimate of drug-likeness (QED) is 0.415. The molecule has 1 saturated heterocycles. The van der Waals surface area contributed by atoms with Crippen LogP contribution in [0.5, 0.6) is 0 Å². The lowest BCUT2D eigenvalue weighted by molar-refractivity contribution is 0.0846. The van der Waals surface area contributed by atoms with Gasteiger partial charge in [0.1, 0.15) is 0 Å². The van der Waals surface area contributed by atoms with Crippen molar-refractivity contribution in [3.05, 3.63) is 40.4 Å². The van der Waals surface area contributed by atoms with Crippen LogP contribution in [0.3, 0.4) is 0 Å². The molecule has 0 amide bonds. The van der Waals surface area contributed by atoms with Crippen LogP contribution in [0.4, 0.5) is 5.13 Å². The normalized spacial score (nSPS) is 14.9. The predicted octanol–water partition coefficient (Wildman–Crippen LogP) is 7.83. The third-order valence-electron chi connectivity index (χ3n) is 4.82. The molecule has 1 N–H and O–H groups in total. The maximum Gasteiger partial charge on any atom is 0.193 e. The first-order valence-corrected chi connectivity index (χ1v) is 12.6. The molecule has 0 spiro atoms. The number of ether oxygens (including phenoxy) is 1. The molecule has 0 saturated carbocycles. The summed E-state index contributed by atoms with van der Waals surface area (Å²) < 4.78 is 11.7. The molecule has 0 bridgehead atoms. The monoisotopic (exact) mass is 434 g/mol. The molecule has 0 aliphatic carbocycles. The van der Waals surface area contributed by atoms with Crippen molar-refractivity contribution in [2.45, 2.75) is 63.5 Å². The van der Waals surface area contributed by atoms with Crippen molar-refractivity contribution in [3.63, 3.8) is 0 Å². The van der Waals surface area contributed by atoms with Crippen molar-refractivity contribution in [2.75, 3.05) is 17.9 Å². The van der Waals surface area contributed by atoms with Gasteiger partial charge >= 0.3 is 0 Å². The molecule has 28 heavy (non-hydrogen) atoms. The van der Waals surface area contributed by atoms with Gasteiger partial charge in [0.2, 0.25) is 0 Å². The molecule has 1 aliphatic heterocycles. The number of fused-ring (bicyclic) bond motifs is 1. The zero-order chi connectivity index (χ0) is 20.1. The standard InChI is InChI=1S/C20H24N2OS3.C2H6/c1-12(2)18-15-10-13(3)4-5-17(15)25-19(18)26-22-20-21-16(11-24-20)14-6-8-23-9-7-14;1-2/h4-5,10-12,14H,6-9H2,1-3H3,(H,21,22);1-2H3. The van der Waals surface area contributed by atoms with Crippen LogP contribution in [0.25, 0.3) is 10.1 Å². The summed E-state index contributed by atoms with van der Waals surface area (Å²) in [5, 5.41) is 4.60. The van der Waals surface area contributed by atoms with E-state index in [1.54, 1.807) is 23.3 Å². The third-order valence-corrected chi connectivity index (χ3v) is 7.90. The highest BCUT2D eigenvalue weighted by Crippen LogP contribution is 2.42. The smallest absolute Gasteiger partial charge is 0.193 e. The highest BCUT2D eigenvalue weighted by atomic mass is 32.2. The minimum Gasteiger partial charge on any atom is -0.381 e. The van der Waals surface area contributed by atoms with Crippen LogP contribution in [-0.2, 0) is 4.74 Å². The number of nitrogens with zero attached hydrogens (tertiary/aromatic N) is 1. The van der Waals surface area contributed by atoms with Gasteiger partial charge in [0, 0.05) is 29.2 Å². The number of benzene rings is 1. The average molecular weight is 435 g/mol. The van der Waals surface area contributed by atoms with Gasteiger partial charge in [-0.15, -0.1) is 22.7 Å². The topological polar surface area (TPSA) is 34.2 Å². The number of hydrogen-bond acceptors (Lipinski definition) is 6. The molecule has 1 fully saturated rings. The van der Waals surface area contributed by atoms with Gasteiger partial charge in [-0.3, -0.25) is 0 Å². The summed E-state index contributed by atoms with van der Waals surface area (Å²) in [6.45, 7) is 12.4. The Morgan fingerprint density at radius 3 is 2.68 bits per heavy atom. The number of thiazole rings is 1. The molecule has 4 rings (SSSR count). The average Bonchev–Trinajstić information content (AvgIpc) is 3.32. The molecule has 6 heteroatoms. The lowest BCUT2D eigenvalue weighted by atomic mass is 9.98. The van der Waals surface area contributed by atoms with E-state index in [9.17, 15) is 0 Å². The van der Waals surface area contributed by atoms with Crippen LogP contribution in [0, 0.1) is 6.92 Å². The molecule has 0 radical (unpaired) electrons. The van der Waals surface area contributed by atoms with Gasteiger partial charge < -0.3 is 9.46 Å². The van der Waals surface area contributed by atoms with Crippen LogP contribution in [0.15, 0.2) is 27.8 Å². The first kappa shape index (κ1) is 21.6. The van der Waals surface area contributed by atoms with Crippen LogP contribution >= 0.6 is 34.6 Å². The van der Waals surface area contributed by atoms with Crippen molar-refractivity contribution in [2.24, 2.45) is 0 Å². The van der Waals surface area contributed by atoms with E-state index in [-0.39, 0.29) is 0 Å². The van der Waals surface area contributed by atoms with Gasteiger partial charge in [0.15, 0.2) is 5.13 Å². The first-order valence-electron chi connectivity index (χ1n) is 10.1. The Bertz CT molecular complexity index is 894. The second-order valence-electron chi connectivity index (χ2n) is 7.13. The molecular weight excluding hydrogens is 404 g/mol. The second kappa shape index (κ2) is 10.1. The number of rotatable bonds is 5. The summed E-state index contributed by atoms with van der Waals surface area (Å²) in [5.41, 5.74) is 3.99. The Labute approximate surface area is 181 Å². The molecule has 0 unspecified atom stereocenters. The van der Waals surface area contributed by atoms with Crippen molar-refractivity contribution in [1.29, 1.82) is 0 Å². The maximum absolute atomic E-state index is 5.46. The number of aryl methyl sites for hydroxylation is 1. The van der Waals surface area contributed by atoms with Crippen molar-refractivity contribution in [1.82, 2.24) is 4.98 Å². The highest BCUT2D eigenvalue weighted by molar-refractivity contribution is 8.02. The highest BCUT2D eigenvalue weighted by Gasteiger charge is 2.20. The molecule has 1 aromatic carbocycles. The van der Waals surface area contributed by atoms with E-state index in [1.165, 1.54) is 31.1 Å². The Hall–Kier alpha value is -1.08. The summed E-state index contributed by atoms with van der Waals surface area (Å²) in [6, 6.07) is 6.77. The Morgan fingerprint density at radius 2 is 1.96 bits per heavy atom. The third kappa shape index (κ3) is 4.90. The molecule has 2 aromatic heterocycles. The van der Waals surface area contributed by atoms with E-state index < -0.39 is 0 Å². The van der Waals surface area contributed by atoms with Crippen molar-refractivity contribution in [3.8, 4) is 0 Å². The van der Waals surface area contributed by atoms with Gasteiger partial charge in [-0.05, 0) is 54.6 Å². The van der Waals surface area contributed by atoms with Crippen LogP contribution in [-0.4, -0.2) is 18.2 Å². The number of thiophene rings is 1. The van der Waals surface area contributed by atoms with Crippen molar-refractivity contribution >= 4 is 49.8 Å². The summed E-state index contributed by atoms with van der Waals surface area (Å²) >= 11 is 5.29. The zero-order valence-electron chi connectivity index (χ0n) is 17.4. The Balaban J connectivity index is 0.00000109. The van der Waals surface area contributed by atoms with E-state index in [0.717, 1.165) is 31.2 Å². The van der Waals surface area contributed by atoms with Crippen LogP contribution < -0.4 is 4.72 Å². The van der Waals surface area contributed by atoms with Crippen LogP contribution in [0.2, 0.25) is 0 Å². The molecular formula is C22H30N2OS3. The minimum atomic E-state index is 0.504. The molecule has 3 nitrogen and oxygen atoms in total. The molecule has 0 atom stereocenters. The van der Waals surface area contributed by atoms with Crippen molar-refractivity contribution < 1.29 is 4.74 Å². The summed E-state index contributed by atoms with van der Waals surface area (Å²) in [4.78, 5) is 4.83. The Morgan fingerprint density at radius 1 is 1.21 bits per heavy atom. The summed E-state index contributed by atoms with van der Waals surface area (Å²) in [6.07, 6.45) is 2.17. The second-order valence-corrected chi connectivity index (χ2v) is 10.1. The number of anilines is 1. The fourth-order valence-electron chi connectivity index (χ4n) is 3.43. The van der Waals surface area contributed by atoms with E-state index in [1.807, 2.05) is 25.2 Å². The molecule has 3 heterocycles. The predicted molar refractivity (Wildman–Crippen MR) is 126 cm³/mol. The summed E-state index contributed by atoms with van der Waals surface area (Å²) in [7, 11) is 0. The fraction of sp³-hybridized carbons (Fsp3) is 0.500. The number of hydrogen-bond donors (Lipinski definition) is 1. The molecule has 152 valence electrons. The van der Waals surface area contributed by atoms with Gasteiger partial charge in [0.05, 0.1) is 9.90 Å². The maximum atomic E-state index is 5.46. The molecule has 1 aliphatic rings. The fourth-order valence-corrected chi connectivity index (χ4v) is 6.70. The van der Waals surface area contributed by atoms with E-state index in [0.29, 0.717) is 11.8 Å². The van der Waals surface area contributed by atoms with Gasteiger partial charge in [-0.2, -0.15) is 0 Å². The molecule has 3 aromatic rings. The van der Waals surface area contributed by atoms with Gasteiger partial charge in [0.25, 0.3) is 0 Å². The van der Waals surface area contributed by atoms with E-state index in [4.69, 9.17) is 9.72 Å². The first-order chi connectivity index (χ1) is 13.6. The van der Waals surface area contributed by atoms with Gasteiger partial charge in [-0.1, -0.05) is 45.4 Å². The largest absolute Gasteiger partial charge is 0.381 e. The van der Waals surface area contributed by atoms with Gasteiger partial charge in [-0.25, -0.2) is 4.98 Å². The van der Waals surface area contributed by atoms with E-state index in [2.05, 4.69) is 49.1 Å². The zero-order valence-corrected chi connectivity index (χ0v) is 19.8. The SMILES string of the molecule is CC.Cc1ccc2sc(SNc3nc(C4CCOCC4)cs3)c(C(C)C)c2c1. The lowest BCUT2D eigenvalue weighted by Crippen LogP contribution is -2.14. The number of aromatic nitrogens is 1. The number of nitrogens with one attached hydrogen (secondary N) is 1. The van der Waals surface area contributed by atoms with E-state index >= 15 is 0 Å². The lowest BCUT2D eigenvalue weighted by Gasteiger charge is -2.19. The summed E-state index contributed by atoms with van der Waals surface area (Å²) in [5.74, 6) is 1.06. The minimum absolute atomic E-state index is 0.504. The van der Waals surface area contributed by atoms with Crippen LogP contribution in [0.1, 0.15) is 69.2 Å².